The number of nitrogens with zero attached hydrogens (tertiary/aromatic N) is 5. The van der Waals surface area contributed by atoms with Crippen molar-refractivity contribution in [2.24, 2.45) is 5.92 Å². The van der Waals surface area contributed by atoms with Crippen LogP contribution in [0.3, 0.4) is 0 Å². The number of ether oxygens (including phenoxy) is 1. The van der Waals surface area contributed by atoms with Gasteiger partial charge >= 0.3 is 0 Å². The summed E-state index contributed by atoms with van der Waals surface area (Å²) >= 11 is 5.97. The van der Waals surface area contributed by atoms with Gasteiger partial charge in [-0.2, -0.15) is 9.50 Å². The molecule has 2 atom stereocenters. The first-order valence-electron chi connectivity index (χ1n) is 11.4. The molecular weight excluding hydrogens is 492 g/mol. The van der Waals surface area contributed by atoms with Gasteiger partial charge in [-0.05, 0) is 56.0 Å². The van der Waals surface area contributed by atoms with E-state index in [2.05, 4.69) is 20.4 Å². The number of carbonyl (C=O) groups is 1. The average Bonchev–Trinajstić information content (AvgIpc) is 3.22. The Hall–Kier alpha value is -2.76. The highest BCUT2D eigenvalue weighted by Crippen LogP contribution is 2.30. The number of halogens is 1. The number of hydrogen-bond donors (Lipinski definition) is 1. The molecule has 4 rings (SSSR count). The number of sulfone groups is 1. The topological polar surface area (TPSA) is 119 Å². The Kier molecular flexibility index (Phi) is 7.30. The molecule has 1 saturated heterocycles. The lowest BCUT2D eigenvalue weighted by atomic mass is 9.99. The number of hydrogen-bond acceptors (Lipinski definition) is 8. The smallest absolute Gasteiger partial charge is 0.253 e. The van der Waals surface area contributed by atoms with E-state index < -0.39 is 9.84 Å². The zero-order valence-corrected chi connectivity index (χ0v) is 21.7. The largest absolute Gasteiger partial charge is 0.375 e. The number of benzene rings is 1. The summed E-state index contributed by atoms with van der Waals surface area (Å²) in [4.78, 5) is 23.1. The molecule has 1 aliphatic rings. The summed E-state index contributed by atoms with van der Waals surface area (Å²) in [5, 5.41) is 7.68. The number of aromatic nitrogens is 4. The third-order valence-corrected chi connectivity index (χ3v) is 8.50. The van der Waals surface area contributed by atoms with Crippen LogP contribution in [-0.2, 0) is 19.4 Å². The number of rotatable bonds is 7. The van der Waals surface area contributed by atoms with E-state index in [0.717, 1.165) is 16.9 Å². The van der Waals surface area contributed by atoms with Crippen molar-refractivity contribution in [1.82, 2.24) is 24.5 Å². The molecular formula is C23H29ClN6O4S. The normalized spacial score (nSPS) is 17.7. The van der Waals surface area contributed by atoms with Crippen molar-refractivity contribution in [3.63, 3.8) is 0 Å². The van der Waals surface area contributed by atoms with Crippen molar-refractivity contribution in [2.45, 2.75) is 38.8 Å². The molecule has 1 amide bonds. The summed E-state index contributed by atoms with van der Waals surface area (Å²) in [6, 6.07) is 7.61. The molecule has 0 bridgehead atoms. The van der Waals surface area contributed by atoms with Crippen molar-refractivity contribution >= 4 is 44.5 Å². The van der Waals surface area contributed by atoms with Crippen LogP contribution in [-0.4, -0.2) is 64.5 Å². The summed E-state index contributed by atoms with van der Waals surface area (Å²) in [6.07, 6.45) is 2.14. The van der Waals surface area contributed by atoms with Crippen LogP contribution in [0.2, 0.25) is 5.28 Å². The quantitative estimate of drug-likeness (QED) is 0.502. The second-order valence-electron chi connectivity index (χ2n) is 8.83. The molecule has 3 aromatic rings. The van der Waals surface area contributed by atoms with E-state index in [1.807, 2.05) is 38.1 Å². The van der Waals surface area contributed by atoms with E-state index in [-0.39, 0.29) is 40.8 Å². The predicted octanol–water partition coefficient (Wildman–Crippen LogP) is 3.57. The van der Waals surface area contributed by atoms with Crippen LogP contribution in [0, 0.1) is 5.92 Å². The van der Waals surface area contributed by atoms with E-state index in [9.17, 15) is 13.2 Å². The van der Waals surface area contributed by atoms with Crippen LogP contribution >= 0.6 is 11.6 Å². The Labute approximate surface area is 209 Å². The monoisotopic (exact) mass is 520 g/mol. The molecule has 12 heteroatoms. The summed E-state index contributed by atoms with van der Waals surface area (Å²) in [5.41, 5.74) is 3.23. The maximum absolute atomic E-state index is 12.9. The lowest BCUT2D eigenvalue weighted by molar-refractivity contribution is -0.136. The SMILES string of the molecule is CO[C@@H](C)c1c(Nc2ccc([C@@H](C)N(C)C(=O)C3CCS(=O)(=O)CC3)cc2)cnc2nc(Cl)nn12. The number of nitrogens with one attached hydrogen (secondary N) is 1. The Balaban J connectivity index is 1.49. The summed E-state index contributed by atoms with van der Waals surface area (Å²) in [5.74, 6) is 0.278. The zero-order chi connectivity index (χ0) is 25.3. The molecule has 1 aromatic carbocycles. The molecule has 1 N–H and O–H groups in total. The minimum Gasteiger partial charge on any atom is -0.375 e. The van der Waals surface area contributed by atoms with Gasteiger partial charge in [-0.15, -0.1) is 5.10 Å². The summed E-state index contributed by atoms with van der Waals surface area (Å²) in [6.45, 7) is 3.86. The van der Waals surface area contributed by atoms with Crippen LogP contribution in [0.1, 0.15) is 50.1 Å². The molecule has 0 unspecified atom stereocenters. The molecule has 0 radical (unpaired) electrons. The standard InChI is InChI=1S/C23H29ClN6O4S/c1-14(29(3)21(31)17-9-11-35(32,33)12-10-17)16-5-7-18(8-6-16)26-19-13-25-23-27-22(24)28-30(23)20(19)15(2)34-4/h5-8,13-15,17,26H,9-12H2,1-4H3/t14-,15+/m1/s1. The van der Waals surface area contributed by atoms with Gasteiger partial charge in [-0.1, -0.05) is 12.1 Å². The Morgan fingerprint density at radius 3 is 2.51 bits per heavy atom. The molecule has 35 heavy (non-hydrogen) atoms. The molecule has 188 valence electrons. The minimum absolute atomic E-state index is 0.0151. The van der Waals surface area contributed by atoms with Crippen LogP contribution in [0.15, 0.2) is 30.5 Å². The Morgan fingerprint density at radius 1 is 1.23 bits per heavy atom. The van der Waals surface area contributed by atoms with Crippen LogP contribution < -0.4 is 5.32 Å². The third kappa shape index (κ3) is 5.41. The van der Waals surface area contributed by atoms with Crippen molar-refractivity contribution < 1.29 is 17.9 Å². The summed E-state index contributed by atoms with van der Waals surface area (Å²) in [7, 11) is 0.374. The number of methoxy groups -OCH3 is 1. The molecule has 0 saturated carbocycles. The maximum Gasteiger partial charge on any atom is 0.253 e. The number of fused-ring (bicyclic) bond motifs is 1. The van der Waals surface area contributed by atoms with Gasteiger partial charge in [0.05, 0.1) is 41.2 Å². The fourth-order valence-corrected chi connectivity index (χ4v) is 5.91. The van der Waals surface area contributed by atoms with Crippen LogP contribution in [0.5, 0.6) is 0 Å². The molecule has 1 fully saturated rings. The predicted molar refractivity (Wildman–Crippen MR) is 134 cm³/mol. The van der Waals surface area contributed by atoms with Gasteiger partial charge in [0.25, 0.3) is 5.78 Å². The highest BCUT2D eigenvalue weighted by atomic mass is 35.5. The average molecular weight is 521 g/mol. The van der Waals surface area contributed by atoms with Crippen molar-refractivity contribution in [3.05, 3.63) is 47.0 Å². The molecule has 1 aliphatic heterocycles. The number of anilines is 2. The molecule has 2 aromatic heterocycles. The third-order valence-electron chi connectivity index (χ3n) is 6.62. The Bertz CT molecular complexity index is 1310. The van der Waals surface area contributed by atoms with Crippen molar-refractivity contribution in [3.8, 4) is 0 Å². The first-order chi connectivity index (χ1) is 16.6. The molecule has 10 nitrogen and oxygen atoms in total. The Morgan fingerprint density at radius 2 is 1.89 bits per heavy atom. The highest BCUT2D eigenvalue weighted by Gasteiger charge is 2.31. The number of carbonyl (C=O) groups excluding carboxylic acids is 1. The second-order valence-corrected chi connectivity index (χ2v) is 11.5. The zero-order valence-electron chi connectivity index (χ0n) is 20.1. The highest BCUT2D eigenvalue weighted by molar-refractivity contribution is 7.91. The van der Waals surface area contributed by atoms with E-state index in [1.165, 1.54) is 0 Å². The van der Waals surface area contributed by atoms with Gasteiger partial charge in [-0.25, -0.2) is 13.4 Å². The maximum atomic E-state index is 12.9. The van der Waals surface area contributed by atoms with Gasteiger partial charge in [0, 0.05) is 25.8 Å². The van der Waals surface area contributed by atoms with Crippen molar-refractivity contribution in [1.29, 1.82) is 0 Å². The van der Waals surface area contributed by atoms with Crippen molar-refractivity contribution in [2.75, 3.05) is 31.0 Å². The first-order valence-corrected chi connectivity index (χ1v) is 13.6. The van der Waals surface area contributed by atoms with E-state index in [4.69, 9.17) is 16.3 Å². The van der Waals surface area contributed by atoms with E-state index in [1.54, 1.807) is 29.8 Å². The van der Waals surface area contributed by atoms with Crippen LogP contribution in [0.4, 0.5) is 11.4 Å². The molecule has 0 aliphatic carbocycles. The minimum atomic E-state index is -3.00. The van der Waals surface area contributed by atoms with E-state index in [0.29, 0.717) is 24.3 Å². The van der Waals surface area contributed by atoms with Gasteiger partial charge < -0.3 is 15.0 Å². The fraction of sp³-hybridized carbons (Fsp3) is 0.478. The lowest BCUT2D eigenvalue weighted by Crippen LogP contribution is -2.38. The number of amides is 1. The van der Waals surface area contributed by atoms with E-state index >= 15 is 0 Å². The van der Waals surface area contributed by atoms with Gasteiger partial charge in [0.1, 0.15) is 9.84 Å². The van der Waals surface area contributed by atoms with Gasteiger partial charge in [0.2, 0.25) is 11.2 Å². The van der Waals surface area contributed by atoms with Gasteiger partial charge in [-0.3, -0.25) is 4.79 Å². The molecule has 3 heterocycles. The van der Waals surface area contributed by atoms with Gasteiger partial charge in [0.15, 0.2) is 0 Å². The van der Waals surface area contributed by atoms with Crippen LogP contribution in [0.25, 0.3) is 5.78 Å². The first kappa shape index (κ1) is 25.3. The fourth-order valence-electron chi connectivity index (χ4n) is 4.27. The molecule has 0 spiro atoms. The second kappa shape index (κ2) is 10.1. The summed E-state index contributed by atoms with van der Waals surface area (Å²) < 4.78 is 30.5. The lowest BCUT2D eigenvalue weighted by Gasteiger charge is -2.31.